The zero-order valence-electron chi connectivity index (χ0n) is 8.24. The second-order valence-electron chi connectivity index (χ2n) is 3.04. The van der Waals surface area contributed by atoms with E-state index in [2.05, 4.69) is 0 Å². The average Bonchev–Trinajstić information content (AvgIpc) is 2.19. The van der Waals surface area contributed by atoms with Crippen molar-refractivity contribution >= 4 is 35.0 Å². The van der Waals surface area contributed by atoms with Crippen LogP contribution in [-0.2, 0) is 4.79 Å². The second kappa shape index (κ2) is 5.28. The molecule has 0 saturated heterocycles. The Hall–Kier alpha value is -0.870. The maximum atomic E-state index is 10.8. The summed E-state index contributed by atoms with van der Waals surface area (Å²) < 4.78 is 0. The fourth-order valence-electron chi connectivity index (χ4n) is 1.05. The van der Waals surface area contributed by atoms with Crippen LogP contribution in [0.4, 0.5) is 5.69 Å². The summed E-state index contributed by atoms with van der Waals surface area (Å²) in [7, 11) is 0. The Labute approximate surface area is 97.6 Å². The molecule has 0 aromatic heterocycles. The minimum Gasteiger partial charge on any atom is -0.480 e. The minimum absolute atomic E-state index is 0.440. The number of carboxylic acid groups (broad SMARTS) is 1. The van der Waals surface area contributed by atoms with Gasteiger partial charge in [0.05, 0.1) is 10.7 Å². The summed E-state index contributed by atoms with van der Waals surface area (Å²) in [5.41, 5.74) is 6.06. The first-order chi connectivity index (χ1) is 7.04. The predicted molar refractivity (Wildman–Crippen MR) is 63.4 cm³/mol. The van der Waals surface area contributed by atoms with Crippen LogP contribution < -0.4 is 5.73 Å². The summed E-state index contributed by atoms with van der Waals surface area (Å²) in [4.78, 5) is 11.6. The lowest BCUT2D eigenvalue weighted by Gasteiger charge is -2.09. The van der Waals surface area contributed by atoms with Crippen LogP contribution >= 0.6 is 23.4 Å². The van der Waals surface area contributed by atoms with Gasteiger partial charge in [0.15, 0.2) is 0 Å². The molecule has 82 valence electrons. The number of carbonyl (C=O) groups is 1. The molecule has 5 heteroatoms. The fraction of sp³-hybridized carbons (Fsp3) is 0.300. The second-order valence-corrected chi connectivity index (χ2v) is 4.72. The maximum Gasteiger partial charge on any atom is 0.316 e. The molecule has 0 aliphatic heterocycles. The van der Waals surface area contributed by atoms with Crippen molar-refractivity contribution in [2.75, 3.05) is 5.73 Å². The standard InChI is InChI=1S/C10H12ClNO2S/c1-2-9(10(13)14)15-6-3-4-8(12)7(11)5-6/h3-5,9H,2,12H2,1H3,(H,13,14). The molecule has 0 spiro atoms. The van der Waals surface area contributed by atoms with Crippen LogP contribution in [0.3, 0.4) is 0 Å². The van der Waals surface area contributed by atoms with E-state index in [1.165, 1.54) is 11.8 Å². The number of hydrogen-bond donors (Lipinski definition) is 2. The summed E-state index contributed by atoms with van der Waals surface area (Å²) in [5.74, 6) is -0.810. The number of thioether (sulfide) groups is 1. The van der Waals surface area contributed by atoms with Crippen molar-refractivity contribution in [3.63, 3.8) is 0 Å². The van der Waals surface area contributed by atoms with E-state index in [-0.39, 0.29) is 0 Å². The lowest BCUT2D eigenvalue weighted by Crippen LogP contribution is -2.14. The molecule has 0 bridgehead atoms. The summed E-state index contributed by atoms with van der Waals surface area (Å²) in [5, 5.41) is 8.90. The Balaban J connectivity index is 2.80. The highest BCUT2D eigenvalue weighted by molar-refractivity contribution is 8.00. The first-order valence-corrected chi connectivity index (χ1v) is 5.74. The van der Waals surface area contributed by atoms with Gasteiger partial charge in [-0.05, 0) is 24.6 Å². The number of anilines is 1. The summed E-state index contributed by atoms with van der Waals surface area (Å²) in [6.07, 6.45) is 0.571. The average molecular weight is 246 g/mol. The van der Waals surface area contributed by atoms with E-state index in [4.69, 9.17) is 22.4 Å². The SMILES string of the molecule is CCC(Sc1ccc(N)c(Cl)c1)C(=O)O. The Morgan fingerprint density at radius 1 is 1.67 bits per heavy atom. The third-order valence-electron chi connectivity index (χ3n) is 1.90. The smallest absolute Gasteiger partial charge is 0.316 e. The van der Waals surface area contributed by atoms with Crippen LogP contribution in [0, 0.1) is 0 Å². The molecule has 0 saturated carbocycles. The Morgan fingerprint density at radius 2 is 2.33 bits per heavy atom. The molecular formula is C10H12ClNO2S. The van der Waals surface area contributed by atoms with Crippen molar-refractivity contribution in [3.05, 3.63) is 23.2 Å². The highest BCUT2D eigenvalue weighted by atomic mass is 35.5. The van der Waals surface area contributed by atoms with Gasteiger partial charge in [0.1, 0.15) is 5.25 Å². The van der Waals surface area contributed by atoms with E-state index in [1.807, 2.05) is 6.92 Å². The number of nitrogen functional groups attached to an aromatic ring is 1. The lowest BCUT2D eigenvalue weighted by molar-refractivity contribution is -0.136. The van der Waals surface area contributed by atoms with Crippen LogP contribution in [0.25, 0.3) is 0 Å². The monoisotopic (exact) mass is 245 g/mol. The Kier molecular flexibility index (Phi) is 4.29. The molecule has 3 N–H and O–H groups in total. The molecule has 1 aromatic carbocycles. The number of carboxylic acids is 1. The molecule has 0 aliphatic carbocycles. The van der Waals surface area contributed by atoms with Crippen molar-refractivity contribution in [2.24, 2.45) is 0 Å². The van der Waals surface area contributed by atoms with Crippen LogP contribution in [0.1, 0.15) is 13.3 Å². The number of benzene rings is 1. The van der Waals surface area contributed by atoms with Gasteiger partial charge in [-0.2, -0.15) is 0 Å². The zero-order valence-corrected chi connectivity index (χ0v) is 9.81. The number of nitrogens with two attached hydrogens (primary N) is 1. The van der Waals surface area contributed by atoms with Crippen molar-refractivity contribution in [1.82, 2.24) is 0 Å². The van der Waals surface area contributed by atoms with E-state index in [0.717, 1.165) is 4.90 Å². The molecule has 1 unspecified atom stereocenters. The van der Waals surface area contributed by atoms with Gasteiger partial charge in [0, 0.05) is 4.90 Å². The Morgan fingerprint density at radius 3 is 2.80 bits per heavy atom. The van der Waals surface area contributed by atoms with Crippen LogP contribution in [0.2, 0.25) is 5.02 Å². The largest absolute Gasteiger partial charge is 0.480 e. The van der Waals surface area contributed by atoms with E-state index < -0.39 is 11.2 Å². The molecule has 0 heterocycles. The number of rotatable bonds is 4. The van der Waals surface area contributed by atoms with E-state index in [0.29, 0.717) is 17.1 Å². The minimum atomic E-state index is -0.810. The third kappa shape index (κ3) is 3.32. The van der Waals surface area contributed by atoms with Gasteiger partial charge < -0.3 is 10.8 Å². The summed E-state index contributed by atoms with van der Waals surface area (Å²) in [6, 6.07) is 5.14. The molecular weight excluding hydrogens is 234 g/mol. The van der Waals surface area contributed by atoms with Crippen molar-refractivity contribution in [1.29, 1.82) is 0 Å². The van der Waals surface area contributed by atoms with Gasteiger partial charge in [-0.3, -0.25) is 4.79 Å². The predicted octanol–water partition coefficient (Wildman–Crippen LogP) is 2.88. The van der Waals surface area contributed by atoms with Gasteiger partial charge in [-0.1, -0.05) is 18.5 Å². The molecule has 1 aromatic rings. The highest BCUT2D eigenvalue weighted by Crippen LogP contribution is 2.30. The molecule has 15 heavy (non-hydrogen) atoms. The molecule has 0 fully saturated rings. The number of hydrogen-bond acceptors (Lipinski definition) is 3. The van der Waals surface area contributed by atoms with Crippen molar-refractivity contribution in [2.45, 2.75) is 23.5 Å². The molecule has 0 amide bonds. The normalized spacial score (nSPS) is 12.4. The lowest BCUT2D eigenvalue weighted by atomic mass is 10.3. The molecule has 3 nitrogen and oxygen atoms in total. The van der Waals surface area contributed by atoms with Gasteiger partial charge in [0.2, 0.25) is 0 Å². The molecule has 1 rings (SSSR count). The fourth-order valence-corrected chi connectivity index (χ4v) is 2.23. The van der Waals surface area contributed by atoms with Gasteiger partial charge in [-0.15, -0.1) is 11.8 Å². The molecule has 0 radical (unpaired) electrons. The van der Waals surface area contributed by atoms with Crippen LogP contribution in [0.15, 0.2) is 23.1 Å². The van der Waals surface area contributed by atoms with Crippen LogP contribution in [0.5, 0.6) is 0 Å². The third-order valence-corrected chi connectivity index (χ3v) is 3.57. The van der Waals surface area contributed by atoms with E-state index in [9.17, 15) is 4.79 Å². The van der Waals surface area contributed by atoms with Gasteiger partial charge in [0.25, 0.3) is 0 Å². The van der Waals surface area contributed by atoms with Crippen molar-refractivity contribution < 1.29 is 9.90 Å². The summed E-state index contributed by atoms with van der Waals surface area (Å²) in [6.45, 7) is 1.84. The first-order valence-electron chi connectivity index (χ1n) is 4.49. The van der Waals surface area contributed by atoms with Gasteiger partial charge >= 0.3 is 5.97 Å². The zero-order chi connectivity index (χ0) is 11.4. The topological polar surface area (TPSA) is 63.3 Å². The van der Waals surface area contributed by atoms with Gasteiger partial charge in [-0.25, -0.2) is 0 Å². The van der Waals surface area contributed by atoms with Crippen molar-refractivity contribution in [3.8, 4) is 0 Å². The molecule has 1 atom stereocenters. The van der Waals surface area contributed by atoms with E-state index in [1.54, 1.807) is 18.2 Å². The maximum absolute atomic E-state index is 10.8. The first kappa shape index (κ1) is 12.2. The van der Waals surface area contributed by atoms with E-state index >= 15 is 0 Å². The highest BCUT2D eigenvalue weighted by Gasteiger charge is 2.16. The molecule has 0 aliphatic rings. The van der Waals surface area contributed by atoms with Crippen LogP contribution in [-0.4, -0.2) is 16.3 Å². The number of aliphatic carboxylic acids is 1. The quantitative estimate of drug-likeness (QED) is 0.633. The number of halogens is 1. The Bertz CT molecular complexity index is 370. The summed E-state index contributed by atoms with van der Waals surface area (Å²) >= 11 is 7.11.